The Balaban J connectivity index is 1.33. The van der Waals surface area contributed by atoms with Crippen LogP contribution in [-0.4, -0.2) is 41.9 Å². The lowest BCUT2D eigenvalue weighted by atomic mass is 9.89. The zero-order valence-electron chi connectivity index (χ0n) is 16.4. The molecule has 2 aromatic carbocycles. The molecule has 2 aromatic rings. The zero-order chi connectivity index (χ0) is 21.1. The molecule has 0 spiro atoms. The van der Waals surface area contributed by atoms with E-state index in [0.717, 1.165) is 5.69 Å². The number of hydrogen-bond acceptors (Lipinski definition) is 3. The Bertz CT molecular complexity index is 958. The topological polar surface area (TPSA) is 90.5 Å². The second kappa shape index (κ2) is 8.52. The molecule has 2 aliphatic heterocycles. The van der Waals surface area contributed by atoms with E-state index in [1.54, 1.807) is 11.0 Å². The van der Waals surface area contributed by atoms with Crippen molar-refractivity contribution in [1.82, 2.24) is 10.2 Å². The van der Waals surface area contributed by atoms with Crippen LogP contribution in [0.4, 0.5) is 20.6 Å². The molecule has 2 heterocycles. The lowest BCUT2D eigenvalue weighted by Gasteiger charge is -2.33. The first kappa shape index (κ1) is 19.9. The molecule has 3 N–H and O–H groups in total. The van der Waals surface area contributed by atoms with Gasteiger partial charge in [0.2, 0.25) is 11.8 Å². The van der Waals surface area contributed by atoms with E-state index in [-0.39, 0.29) is 30.3 Å². The number of rotatable bonds is 3. The Morgan fingerprint density at radius 3 is 2.53 bits per heavy atom. The summed E-state index contributed by atoms with van der Waals surface area (Å²) in [4.78, 5) is 38.9. The van der Waals surface area contributed by atoms with Gasteiger partial charge in [0.05, 0.1) is 5.92 Å². The second-order valence-electron chi connectivity index (χ2n) is 7.60. The van der Waals surface area contributed by atoms with Crippen LogP contribution in [0.15, 0.2) is 48.5 Å². The van der Waals surface area contributed by atoms with E-state index < -0.39 is 11.7 Å². The molecule has 1 fully saturated rings. The van der Waals surface area contributed by atoms with Gasteiger partial charge in [-0.3, -0.25) is 9.59 Å². The minimum absolute atomic E-state index is 0.0305. The summed E-state index contributed by atoms with van der Waals surface area (Å²) in [7, 11) is 0. The third-order valence-corrected chi connectivity index (χ3v) is 5.52. The number of fused-ring (bicyclic) bond motifs is 1. The van der Waals surface area contributed by atoms with Crippen molar-refractivity contribution in [2.45, 2.75) is 31.2 Å². The van der Waals surface area contributed by atoms with Gasteiger partial charge in [-0.1, -0.05) is 24.3 Å². The summed E-state index contributed by atoms with van der Waals surface area (Å²) in [5.41, 5.74) is 1.70. The molecule has 0 unspecified atom stereocenters. The van der Waals surface area contributed by atoms with Crippen LogP contribution in [0.3, 0.4) is 0 Å². The number of para-hydroxylation sites is 1. The van der Waals surface area contributed by atoms with Crippen molar-refractivity contribution in [2.75, 3.05) is 23.7 Å². The molecule has 1 atom stereocenters. The molecule has 30 heavy (non-hydrogen) atoms. The van der Waals surface area contributed by atoms with Gasteiger partial charge in [-0.2, -0.15) is 0 Å². The number of anilines is 2. The van der Waals surface area contributed by atoms with Gasteiger partial charge in [0.1, 0.15) is 5.82 Å². The Labute approximate surface area is 173 Å². The van der Waals surface area contributed by atoms with Crippen LogP contribution in [0.1, 0.15) is 30.7 Å². The Kier molecular flexibility index (Phi) is 5.65. The van der Waals surface area contributed by atoms with E-state index in [2.05, 4.69) is 16.0 Å². The molecule has 7 nitrogen and oxygen atoms in total. The summed E-state index contributed by atoms with van der Waals surface area (Å²) in [6.45, 7) is 1.05. The number of nitrogens with one attached hydrogen (secondary N) is 3. The molecule has 156 valence electrons. The highest BCUT2D eigenvalue weighted by Gasteiger charge is 2.33. The van der Waals surface area contributed by atoms with Crippen molar-refractivity contribution in [3.05, 3.63) is 59.9 Å². The van der Waals surface area contributed by atoms with E-state index >= 15 is 0 Å². The molecular formula is C22H23FN4O3. The maximum atomic E-state index is 13.5. The minimum Gasteiger partial charge on any atom is -0.353 e. The highest BCUT2D eigenvalue weighted by molar-refractivity contribution is 6.01. The predicted molar refractivity (Wildman–Crippen MR) is 111 cm³/mol. The van der Waals surface area contributed by atoms with E-state index in [1.807, 2.05) is 30.3 Å². The molecule has 0 saturated carbocycles. The van der Waals surface area contributed by atoms with E-state index in [9.17, 15) is 18.8 Å². The van der Waals surface area contributed by atoms with Crippen LogP contribution in [0, 0.1) is 5.82 Å². The summed E-state index contributed by atoms with van der Waals surface area (Å²) in [6.07, 6.45) is 1.29. The molecular weight excluding hydrogens is 387 g/mol. The molecule has 1 saturated heterocycles. The second-order valence-corrected chi connectivity index (χ2v) is 7.60. The number of amides is 4. The van der Waals surface area contributed by atoms with Crippen LogP contribution < -0.4 is 16.0 Å². The number of carbonyl (C=O) groups excluding carboxylic acids is 3. The third kappa shape index (κ3) is 4.42. The Morgan fingerprint density at radius 1 is 1.07 bits per heavy atom. The number of benzene rings is 2. The summed E-state index contributed by atoms with van der Waals surface area (Å²) in [5.74, 6) is -1.66. The van der Waals surface area contributed by atoms with E-state index in [0.29, 0.717) is 37.2 Å². The van der Waals surface area contributed by atoms with Crippen molar-refractivity contribution in [2.24, 2.45) is 0 Å². The Morgan fingerprint density at radius 2 is 1.80 bits per heavy atom. The third-order valence-electron chi connectivity index (χ3n) is 5.52. The number of halogens is 1. The van der Waals surface area contributed by atoms with Gasteiger partial charge in [0.15, 0.2) is 0 Å². The van der Waals surface area contributed by atoms with Crippen LogP contribution in [-0.2, 0) is 9.59 Å². The number of nitrogens with zero attached hydrogens (tertiary/aromatic N) is 1. The molecule has 4 rings (SSSR count). The fourth-order valence-corrected chi connectivity index (χ4v) is 3.92. The first-order chi connectivity index (χ1) is 14.5. The summed E-state index contributed by atoms with van der Waals surface area (Å²) in [6, 6.07) is 13.1. The molecule has 0 aliphatic carbocycles. The summed E-state index contributed by atoms with van der Waals surface area (Å²) >= 11 is 0. The van der Waals surface area contributed by atoms with Gasteiger partial charge in [-0.05, 0) is 42.7 Å². The summed E-state index contributed by atoms with van der Waals surface area (Å²) in [5, 5.41) is 8.48. The Hall–Kier alpha value is -3.42. The predicted octanol–water partition coefficient (Wildman–Crippen LogP) is 3.06. The SMILES string of the molecule is O=C1C[C@@H](C(=O)NC2CCN(C(=O)Nc3ccccc3)CC2)c2ccc(F)cc2N1. The van der Waals surface area contributed by atoms with Crippen molar-refractivity contribution in [3.63, 3.8) is 0 Å². The largest absolute Gasteiger partial charge is 0.353 e. The highest BCUT2D eigenvalue weighted by atomic mass is 19.1. The maximum Gasteiger partial charge on any atom is 0.321 e. The fraction of sp³-hybridized carbons (Fsp3) is 0.318. The van der Waals surface area contributed by atoms with Gasteiger partial charge >= 0.3 is 6.03 Å². The average Bonchev–Trinajstić information content (AvgIpc) is 2.74. The van der Waals surface area contributed by atoms with Gasteiger partial charge < -0.3 is 20.9 Å². The molecule has 2 aliphatic rings. The van der Waals surface area contributed by atoms with Crippen molar-refractivity contribution in [3.8, 4) is 0 Å². The van der Waals surface area contributed by atoms with Crippen molar-refractivity contribution in [1.29, 1.82) is 0 Å². The van der Waals surface area contributed by atoms with Crippen LogP contribution in [0.5, 0.6) is 0 Å². The van der Waals surface area contributed by atoms with Crippen LogP contribution >= 0.6 is 0 Å². The first-order valence-corrected chi connectivity index (χ1v) is 10.0. The molecule has 0 aromatic heterocycles. The maximum absolute atomic E-state index is 13.5. The standard InChI is InChI=1S/C22H23FN4O3/c23-14-6-7-17-18(13-20(28)26-19(17)12-14)21(29)24-16-8-10-27(11-9-16)22(30)25-15-4-2-1-3-5-15/h1-7,12,16,18H,8-11,13H2,(H,24,29)(H,25,30)(H,26,28)/t18-/m1/s1. The van der Waals surface area contributed by atoms with Crippen molar-refractivity contribution >= 4 is 29.2 Å². The van der Waals surface area contributed by atoms with Gasteiger partial charge in [-0.15, -0.1) is 0 Å². The zero-order valence-corrected chi connectivity index (χ0v) is 16.4. The number of piperidine rings is 1. The average molecular weight is 410 g/mol. The number of likely N-dealkylation sites (tertiary alicyclic amines) is 1. The highest BCUT2D eigenvalue weighted by Crippen LogP contribution is 2.33. The molecule has 4 amide bonds. The molecule has 0 radical (unpaired) electrons. The smallest absolute Gasteiger partial charge is 0.321 e. The van der Waals surface area contributed by atoms with Gasteiger partial charge in [0, 0.05) is 36.9 Å². The number of urea groups is 1. The molecule has 8 heteroatoms. The lowest BCUT2D eigenvalue weighted by Crippen LogP contribution is -2.49. The first-order valence-electron chi connectivity index (χ1n) is 10.0. The lowest BCUT2D eigenvalue weighted by molar-refractivity contribution is -0.127. The minimum atomic E-state index is -0.645. The summed E-state index contributed by atoms with van der Waals surface area (Å²) < 4.78 is 13.5. The monoisotopic (exact) mass is 410 g/mol. The van der Waals surface area contributed by atoms with Gasteiger partial charge in [-0.25, -0.2) is 9.18 Å². The van der Waals surface area contributed by atoms with E-state index in [4.69, 9.17) is 0 Å². The van der Waals surface area contributed by atoms with Crippen molar-refractivity contribution < 1.29 is 18.8 Å². The van der Waals surface area contributed by atoms with Gasteiger partial charge in [0.25, 0.3) is 0 Å². The normalized spacial score (nSPS) is 18.9. The van der Waals surface area contributed by atoms with Crippen LogP contribution in [0.2, 0.25) is 0 Å². The fourth-order valence-electron chi connectivity index (χ4n) is 3.92. The molecule has 0 bridgehead atoms. The number of hydrogen-bond donors (Lipinski definition) is 3. The number of carbonyl (C=O) groups is 3. The van der Waals surface area contributed by atoms with Crippen LogP contribution in [0.25, 0.3) is 0 Å². The quantitative estimate of drug-likeness (QED) is 0.726. The van der Waals surface area contributed by atoms with E-state index in [1.165, 1.54) is 12.1 Å².